The molecule has 0 radical (unpaired) electrons. The van der Waals surface area contributed by atoms with Gasteiger partial charge in [0.15, 0.2) is 5.65 Å². The van der Waals surface area contributed by atoms with Gasteiger partial charge in [-0.15, -0.1) is 5.10 Å². The Morgan fingerprint density at radius 2 is 2.05 bits per heavy atom. The minimum Gasteiger partial charge on any atom is -0.370 e. The van der Waals surface area contributed by atoms with E-state index in [9.17, 15) is 0 Å². The summed E-state index contributed by atoms with van der Waals surface area (Å²) in [5.41, 5.74) is 3.05. The van der Waals surface area contributed by atoms with Crippen LogP contribution in [0, 0.1) is 6.92 Å². The molecule has 0 spiro atoms. The van der Waals surface area contributed by atoms with Crippen molar-refractivity contribution in [2.45, 2.75) is 19.4 Å². The maximum absolute atomic E-state index is 4.69. The fourth-order valence-electron chi connectivity index (χ4n) is 2.82. The minimum atomic E-state index is 0.253. The number of hydrogen-bond acceptors (Lipinski definition) is 4. The van der Waals surface area contributed by atoms with E-state index in [1.165, 1.54) is 5.56 Å². The summed E-state index contributed by atoms with van der Waals surface area (Å²) in [5.74, 6) is 1.07. The summed E-state index contributed by atoms with van der Waals surface area (Å²) in [7, 11) is 0. The Balaban J connectivity index is 1.91. The van der Waals surface area contributed by atoms with Gasteiger partial charge in [-0.1, -0.05) is 0 Å². The highest BCUT2D eigenvalue weighted by Crippen LogP contribution is 2.33. The third-order valence-electron chi connectivity index (χ3n) is 3.80. The highest BCUT2D eigenvalue weighted by atomic mass is 15.4. The fraction of sp³-hybridized carbons (Fsp3) is 0.267. The van der Waals surface area contributed by atoms with Gasteiger partial charge in [-0.25, -0.2) is 9.67 Å². The average Bonchev–Trinajstić information content (AvgIpc) is 2.85. The van der Waals surface area contributed by atoms with Crippen molar-refractivity contribution in [3.63, 3.8) is 0 Å². The number of nitrogens with zero attached hydrogens (tertiary/aromatic N) is 4. The summed E-state index contributed by atoms with van der Waals surface area (Å²) in [5, 5.41) is 9.24. The molecule has 0 saturated carbocycles. The Labute approximate surface area is 116 Å². The standard InChI is InChI=1S/C15H15N5/c1-10-2-3-12-14(18-10)19-20-13(6-9-17-15(12)20)11-4-7-16-8-5-11/h2-5,7-8,13,17H,6,9H2,1H3. The van der Waals surface area contributed by atoms with Crippen molar-refractivity contribution in [3.8, 4) is 0 Å². The van der Waals surface area contributed by atoms with Crippen LogP contribution in [0.5, 0.6) is 0 Å². The molecule has 20 heavy (non-hydrogen) atoms. The highest BCUT2D eigenvalue weighted by Gasteiger charge is 2.24. The van der Waals surface area contributed by atoms with Gasteiger partial charge >= 0.3 is 0 Å². The van der Waals surface area contributed by atoms with E-state index in [0.717, 1.165) is 35.5 Å². The van der Waals surface area contributed by atoms with E-state index in [0.29, 0.717) is 0 Å². The van der Waals surface area contributed by atoms with Gasteiger partial charge < -0.3 is 5.32 Å². The lowest BCUT2D eigenvalue weighted by Crippen LogP contribution is -2.24. The van der Waals surface area contributed by atoms with E-state index in [1.807, 2.05) is 25.4 Å². The molecule has 1 aliphatic heterocycles. The van der Waals surface area contributed by atoms with Crippen LogP contribution >= 0.6 is 0 Å². The first-order valence-corrected chi connectivity index (χ1v) is 6.82. The largest absolute Gasteiger partial charge is 0.370 e. The lowest BCUT2D eigenvalue weighted by atomic mass is 10.0. The summed E-state index contributed by atoms with van der Waals surface area (Å²) < 4.78 is 2.07. The van der Waals surface area contributed by atoms with E-state index >= 15 is 0 Å². The van der Waals surface area contributed by atoms with Crippen molar-refractivity contribution in [2.75, 3.05) is 11.9 Å². The van der Waals surface area contributed by atoms with Gasteiger partial charge in [0.05, 0.1) is 11.4 Å². The molecule has 0 saturated heterocycles. The molecule has 1 aliphatic rings. The Kier molecular flexibility index (Phi) is 2.45. The summed E-state index contributed by atoms with van der Waals surface area (Å²) >= 11 is 0. The SMILES string of the molecule is Cc1ccc2c3n(nc2n1)C(c1ccncc1)CCN3. The van der Waals surface area contributed by atoms with Gasteiger partial charge in [0.1, 0.15) is 5.82 Å². The molecule has 3 aromatic heterocycles. The predicted molar refractivity (Wildman–Crippen MR) is 77.7 cm³/mol. The van der Waals surface area contributed by atoms with E-state index in [2.05, 4.69) is 38.2 Å². The van der Waals surface area contributed by atoms with E-state index < -0.39 is 0 Å². The molecule has 4 rings (SSSR count). The zero-order chi connectivity index (χ0) is 13.5. The van der Waals surface area contributed by atoms with Crippen LogP contribution in [-0.2, 0) is 0 Å². The van der Waals surface area contributed by atoms with Crippen molar-refractivity contribution in [1.29, 1.82) is 0 Å². The van der Waals surface area contributed by atoms with Crippen LogP contribution in [0.4, 0.5) is 5.82 Å². The maximum atomic E-state index is 4.69. The number of anilines is 1. The zero-order valence-corrected chi connectivity index (χ0v) is 11.2. The number of pyridine rings is 2. The minimum absolute atomic E-state index is 0.253. The molecule has 100 valence electrons. The highest BCUT2D eigenvalue weighted by molar-refractivity contribution is 5.88. The van der Waals surface area contributed by atoms with Crippen LogP contribution in [0.25, 0.3) is 11.0 Å². The number of fused-ring (bicyclic) bond motifs is 3. The van der Waals surface area contributed by atoms with Gasteiger partial charge in [-0.3, -0.25) is 4.98 Å². The molecular formula is C15H15N5. The number of rotatable bonds is 1. The number of aromatic nitrogens is 4. The van der Waals surface area contributed by atoms with Crippen molar-refractivity contribution < 1.29 is 0 Å². The number of hydrogen-bond donors (Lipinski definition) is 1. The summed E-state index contributed by atoms with van der Waals surface area (Å²) in [4.78, 5) is 8.62. The molecule has 3 aromatic rings. The molecule has 5 nitrogen and oxygen atoms in total. The molecule has 4 heterocycles. The van der Waals surface area contributed by atoms with Crippen LogP contribution in [0.2, 0.25) is 0 Å². The van der Waals surface area contributed by atoms with Crippen molar-refractivity contribution >= 4 is 16.9 Å². The van der Waals surface area contributed by atoms with Crippen LogP contribution in [-0.4, -0.2) is 26.3 Å². The van der Waals surface area contributed by atoms with Crippen molar-refractivity contribution in [3.05, 3.63) is 47.9 Å². The summed E-state index contributed by atoms with van der Waals surface area (Å²) in [6.07, 6.45) is 4.69. The van der Waals surface area contributed by atoms with Crippen LogP contribution < -0.4 is 5.32 Å². The Morgan fingerprint density at radius 3 is 2.90 bits per heavy atom. The first-order valence-electron chi connectivity index (χ1n) is 6.82. The number of aryl methyl sites for hydroxylation is 1. The smallest absolute Gasteiger partial charge is 0.183 e. The number of nitrogens with one attached hydrogen (secondary N) is 1. The van der Waals surface area contributed by atoms with Crippen LogP contribution in [0.3, 0.4) is 0 Å². The molecule has 0 aromatic carbocycles. The van der Waals surface area contributed by atoms with Crippen molar-refractivity contribution in [2.24, 2.45) is 0 Å². The Hall–Kier alpha value is -2.43. The second kappa shape index (κ2) is 4.30. The molecule has 5 heteroatoms. The maximum Gasteiger partial charge on any atom is 0.183 e. The zero-order valence-electron chi connectivity index (χ0n) is 11.2. The summed E-state index contributed by atoms with van der Waals surface area (Å²) in [6, 6.07) is 8.50. The molecule has 1 atom stereocenters. The monoisotopic (exact) mass is 265 g/mol. The quantitative estimate of drug-likeness (QED) is 0.734. The lowest BCUT2D eigenvalue weighted by Gasteiger charge is -2.25. The van der Waals surface area contributed by atoms with Gasteiger partial charge in [0.25, 0.3) is 0 Å². The Bertz CT molecular complexity index is 763. The third-order valence-corrected chi connectivity index (χ3v) is 3.80. The topological polar surface area (TPSA) is 55.6 Å². The molecule has 0 amide bonds. The van der Waals surface area contributed by atoms with Gasteiger partial charge in [-0.2, -0.15) is 0 Å². The second-order valence-corrected chi connectivity index (χ2v) is 5.13. The normalized spacial score (nSPS) is 17.8. The van der Waals surface area contributed by atoms with E-state index in [-0.39, 0.29) is 6.04 Å². The molecule has 0 aliphatic carbocycles. The van der Waals surface area contributed by atoms with Crippen molar-refractivity contribution in [1.82, 2.24) is 19.7 Å². The van der Waals surface area contributed by atoms with Crippen LogP contribution in [0.1, 0.15) is 23.7 Å². The Morgan fingerprint density at radius 1 is 1.20 bits per heavy atom. The first-order chi connectivity index (χ1) is 9.83. The molecular weight excluding hydrogens is 250 g/mol. The second-order valence-electron chi connectivity index (χ2n) is 5.13. The van der Waals surface area contributed by atoms with Gasteiger partial charge in [-0.05, 0) is 43.2 Å². The molecule has 0 bridgehead atoms. The fourth-order valence-corrected chi connectivity index (χ4v) is 2.82. The van der Waals surface area contributed by atoms with E-state index in [1.54, 1.807) is 0 Å². The third kappa shape index (κ3) is 1.66. The average molecular weight is 265 g/mol. The first kappa shape index (κ1) is 11.4. The van der Waals surface area contributed by atoms with Gasteiger partial charge in [0.2, 0.25) is 0 Å². The summed E-state index contributed by atoms with van der Waals surface area (Å²) in [6.45, 7) is 2.94. The van der Waals surface area contributed by atoms with Crippen LogP contribution in [0.15, 0.2) is 36.7 Å². The molecule has 1 unspecified atom stereocenters. The predicted octanol–water partition coefficient (Wildman–Crippen LogP) is 2.54. The molecule has 1 N–H and O–H groups in total. The molecule has 0 fully saturated rings. The lowest BCUT2D eigenvalue weighted by molar-refractivity contribution is 0.484. The van der Waals surface area contributed by atoms with Gasteiger partial charge in [0, 0.05) is 24.6 Å². The van der Waals surface area contributed by atoms with E-state index in [4.69, 9.17) is 5.10 Å².